The fourth-order valence-electron chi connectivity index (χ4n) is 1.03. The molecule has 0 radical (unpaired) electrons. The van der Waals surface area contributed by atoms with Gasteiger partial charge in [-0.15, -0.1) is 0 Å². The average molecular weight is 161 g/mol. The first kappa shape index (κ1) is 8.69. The molecule has 0 saturated carbocycles. The summed E-state index contributed by atoms with van der Waals surface area (Å²) in [4.78, 5) is 4.01. The van der Waals surface area contributed by atoms with Crippen LogP contribution in [0.15, 0.2) is 18.5 Å². The Morgan fingerprint density at radius 3 is 3.00 bits per heavy atom. The van der Waals surface area contributed by atoms with Crippen molar-refractivity contribution in [2.75, 3.05) is 0 Å². The molecule has 0 saturated heterocycles. The maximum atomic E-state index is 8.47. The highest BCUT2D eigenvalue weighted by molar-refractivity contribution is 5.18. The van der Waals surface area contributed by atoms with Crippen LogP contribution in [0.3, 0.4) is 0 Å². The molecule has 1 unspecified atom stereocenters. The van der Waals surface area contributed by atoms with Gasteiger partial charge in [-0.25, -0.2) is 0 Å². The van der Waals surface area contributed by atoms with Crippen LogP contribution in [0, 0.1) is 18.3 Å². The second kappa shape index (κ2) is 3.84. The minimum atomic E-state index is -0.423. The first-order valence-corrected chi connectivity index (χ1v) is 3.78. The summed E-state index contributed by atoms with van der Waals surface area (Å²) in [6.45, 7) is 1.97. The number of pyridine rings is 1. The lowest BCUT2D eigenvalue weighted by Crippen LogP contribution is -2.20. The van der Waals surface area contributed by atoms with Gasteiger partial charge in [0.1, 0.15) is 0 Å². The summed E-state index contributed by atoms with van der Waals surface area (Å²) < 4.78 is 0. The smallest absolute Gasteiger partial charge is 0.0969 e. The van der Waals surface area contributed by atoms with Crippen molar-refractivity contribution in [3.05, 3.63) is 29.6 Å². The molecule has 0 aromatic carbocycles. The van der Waals surface area contributed by atoms with Crippen LogP contribution in [0.4, 0.5) is 0 Å². The number of nitriles is 1. The van der Waals surface area contributed by atoms with E-state index in [0.29, 0.717) is 6.42 Å². The van der Waals surface area contributed by atoms with Gasteiger partial charge < -0.3 is 5.73 Å². The highest BCUT2D eigenvalue weighted by atomic mass is 14.6. The molecule has 0 aliphatic heterocycles. The third-order valence-corrected chi connectivity index (χ3v) is 1.55. The molecule has 0 spiro atoms. The van der Waals surface area contributed by atoms with E-state index in [9.17, 15) is 0 Å². The molecule has 3 heteroatoms. The third-order valence-electron chi connectivity index (χ3n) is 1.55. The Morgan fingerprint density at radius 2 is 2.42 bits per heavy atom. The summed E-state index contributed by atoms with van der Waals surface area (Å²) in [5, 5.41) is 8.47. The molecule has 1 aromatic heterocycles. The van der Waals surface area contributed by atoms with Gasteiger partial charge in [-0.3, -0.25) is 4.98 Å². The van der Waals surface area contributed by atoms with Gasteiger partial charge in [0.15, 0.2) is 0 Å². The highest BCUT2D eigenvalue weighted by Gasteiger charge is 2.01. The van der Waals surface area contributed by atoms with Gasteiger partial charge in [0.2, 0.25) is 0 Å². The molecule has 3 nitrogen and oxygen atoms in total. The molecule has 1 heterocycles. The number of hydrogen-bond donors (Lipinski definition) is 1. The van der Waals surface area contributed by atoms with E-state index in [4.69, 9.17) is 11.0 Å². The van der Waals surface area contributed by atoms with E-state index < -0.39 is 6.04 Å². The van der Waals surface area contributed by atoms with Gasteiger partial charge in [-0.05, 0) is 18.1 Å². The van der Waals surface area contributed by atoms with Gasteiger partial charge in [-0.2, -0.15) is 5.26 Å². The fraction of sp³-hybridized carbons (Fsp3) is 0.333. The Labute approximate surface area is 71.8 Å². The summed E-state index contributed by atoms with van der Waals surface area (Å²) in [7, 11) is 0. The average Bonchev–Trinajstić information content (AvgIpc) is 2.04. The molecule has 0 aliphatic carbocycles. The van der Waals surface area contributed by atoms with Crippen LogP contribution < -0.4 is 5.73 Å². The van der Waals surface area contributed by atoms with Crippen LogP contribution >= 0.6 is 0 Å². The maximum Gasteiger partial charge on any atom is 0.0969 e. The molecule has 0 bridgehead atoms. The van der Waals surface area contributed by atoms with E-state index in [2.05, 4.69) is 4.98 Å². The van der Waals surface area contributed by atoms with Gasteiger partial charge >= 0.3 is 0 Å². The van der Waals surface area contributed by atoms with E-state index >= 15 is 0 Å². The summed E-state index contributed by atoms with van der Waals surface area (Å²) in [6.07, 6.45) is 4.09. The number of aryl methyl sites for hydroxylation is 1. The molecular weight excluding hydrogens is 150 g/mol. The van der Waals surface area contributed by atoms with E-state index in [1.165, 1.54) is 0 Å². The highest BCUT2D eigenvalue weighted by Crippen LogP contribution is 2.02. The molecule has 0 aliphatic rings. The predicted octanol–water partition coefficient (Wildman–Crippen LogP) is 0.783. The van der Waals surface area contributed by atoms with Crippen molar-refractivity contribution in [3.8, 4) is 6.07 Å². The SMILES string of the molecule is Cc1cncc(CC(N)C#N)c1. The number of rotatable bonds is 2. The van der Waals surface area contributed by atoms with E-state index in [1.807, 2.05) is 19.1 Å². The lowest BCUT2D eigenvalue weighted by Gasteiger charge is -2.02. The minimum absolute atomic E-state index is 0.423. The maximum absolute atomic E-state index is 8.47. The summed E-state index contributed by atoms with van der Waals surface area (Å²) in [5.74, 6) is 0. The number of nitrogens with zero attached hydrogens (tertiary/aromatic N) is 2. The lowest BCUT2D eigenvalue weighted by atomic mass is 10.1. The summed E-state index contributed by atoms with van der Waals surface area (Å²) in [5.41, 5.74) is 7.58. The molecule has 0 amide bonds. The molecule has 1 rings (SSSR count). The Hall–Kier alpha value is -1.40. The van der Waals surface area contributed by atoms with Crippen molar-refractivity contribution in [3.63, 3.8) is 0 Å². The van der Waals surface area contributed by atoms with Gasteiger partial charge in [0, 0.05) is 18.8 Å². The van der Waals surface area contributed by atoms with Crippen molar-refractivity contribution < 1.29 is 0 Å². The Bertz CT molecular complexity index is 301. The van der Waals surface area contributed by atoms with Crippen molar-refractivity contribution in [2.24, 2.45) is 5.73 Å². The van der Waals surface area contributed by atoms with Crippen LogP contribution in [0.25, 0.3) is 0 Å². The zero-order valence-electron chi connectivity index (χ0n) is 6.99. The van der Waals surface area contributed by atoms with Gasteiger partial charge in [-0.1, -0.05) is 6.07 Å². The monoisotopic (exact) mass is 161 g/mol. The molecule has 62 valence electrons. The molecular formula is C9H11N3. The fourth-order valence-corrected chi connectivity index (χ4v) is 1.03. The first-order valence-electron chi connectivity index (χ1n) is 3.78. The Balaban J connectivity index is 2.71. The van der Waals surface area contributed by atoms with Crippen LogP contribution in [-0.2, 0) is 6.42 Å². The number of aromatic nitrogens is 1. The van der Waals surface area contributed by atoms with Crippen LogP contribution in [0.1, 0.15) is 11.1 Å². The van der Waals surface area contributed by atoms with E-state index in [-0.39, 0.29) is 0 Å². The summed E-state index contributed by atoms with van der Waals surface area (Å²) >= 11 is 0. The second-order valence-corrected chi connectivity index (χ2v) is 2.81. The first-order chi connectivity index (χ1) is 5.72. The van der Waals surface area contributed by atoms with Crippen molar-refractivity contribution in [1.29, 1.82) is 5.26 Å². The number of hydrogen-bond acceptors (Lipinski definition) is 3. The summed E-state index contributed by atoms with van der Waals surface area (Å²) in [6, 6.07) is 3.55. The Kier molecular flexibility index (Phi) is 2.78. The zero-order valence-corrected chi connectivity index (χ0v) is 6.99. The molecule has 2 N–H and O–H groups in total. The largest absolute Gasteiger partial charge is 0.316 e. The van der Waals surface area contributed by atoms with Crippen molar-refractivity contribution >= 4 is 0 Å². The van der Waals surface area contributed by atoms with Crippen LogP contribution in [0.2, 0.25) is 0 Å². The van der Waals surface area contributed by atoms with Crippen molar-refractivity contribution in [1.82, 2.24) is 4.98 Å². The van der Waals surface area contributed by atoms with E-state index in [0.717, 1.165) is 11.1 Å². The van der Waals surface area contributed by atoms with Crippen molar-refractivity contribution in [2.45, 2.75) is 19.4 Å². The standard InChI is InChI=1S/C9H11N3/c1-7-2-8(6-12-5-7)3-9(11)4-10/h2,5-6,9H,3,11H2,1H3. The minimum Gasteiger partial charge on any atom is -0.316 e. The second-order valence-electron chi connectivity index (χ2n) is 2.81. The number of nitrogens with two attached hydrogens (primary N) is 1. The van der Waals surface area contributed by atoms with Gasteiger partial charge in [0.25, 0.3) is 0 Å². The molecule has 1 aromatic rings. The molecule has 1 atom stereocenters. The third kappa shape index (κ3) is 2.33. The molecule has 12 heavy (non-hydrogen) atoms. The molecule has 0 fully saturated rings. The normalized spacial score (nSPS) is 12.1. The van der Waals surface area contributed by atoms with Crippen LogP contribution in [0.5, 0.6) is 0 Å². The quantitative estimate of drug-likeness (QED) is 0.697. The lowest BCUT2D eigenvalue weighted by molar-refractivity contribution is 0.818. The predicted molar refractivity (Wildman–Crippen MR) is 46.3 cm³/mol. The van der Waals surface area contributed by atoms with Crippen LogP contribution in [-0.4, -0.2) is 11.0 Å². The zero-order chi connectivity index (χ0) is 8.97. The van der Waals surface area contributed by atoms with E-state index in [1.54, 1.807) is 12.4 Å². The topological polar surface area (TPSA) is 62.7 Å². The van der Waals surface area contributed by atoms with Gasteiger partial charge in [0.05, 0.1) is 12.1 Å². The Morgan fingerprint density at radius 1 is 1.67 bits per heavy atom.